The molecule has 0 saturated carbocycles. The van der Waals surface area contributed by atoms with Crippen LogP contribution in [0.4, 0.5) is 11.4 Å². The second kappa shape index (κ2) is 10.9. The third kappa shape index (κ3) is 4.80. The Bertz CT molecular complexity index is 2670. The summed E-state index contributed by atoms with van der Waals surface area (Å²) in [4.78, 5) is 0. The molecule has 0 unspecified atom stereocenters. The summed E-state index contributed by atoms with van der Waals surface area (Å²) in [6, 6.07) is 54.7. The SMILES string of the molecule is CC(C)(C)c1cc2ccccc2c2c1oc1c(Nc3ccc(-c4ccc5cc(-c6ccc7ccccc7c6)ccc5c4)cc3)cccc12. The summed E-state index contributed by atoms with van der Waals surface area (Å²) < 4.78 is 6.75. The fourth-order valence-corrected chi connectivity index (χ4v) is 7.18. The van der Waals surface area contributed by atoms with Crippen LogP contribution >= 0.6 is 0 Å². The van der Waals surface area contributed by atoms with Gasteiger partial charge >= 0.3 is 0 Å². The van der Waals surface area contributed by atoms with Crippen LogP contribution in [0.3, 0.4) is 0 Å². The molecule has 1 heterocycles. The van der Waals surface area contributed by atoms with E-state index in [0.717, 1.165) is 27.9 Å². The number of hydrogen-bond acceptors (Lipinski definition) is 2. The molecular formula is C46H35NO. The van der Waals surface area contributed by atoms with Crippen LogP contribution in [0.2, 0.25) is 0 Å². The molecule has 0 atom stereocenters. The van der Waals surface area contributed by atoms with E-state index in [2.05, 4.69) is 178 Å². The lowest BCUT2D eigenvalue weighted by molar-refractivity contribution is 0.574. The largest absolute Gasteiger partial charge is 0.454 e. The van der Waals surface area contributed by atoms with E-state index >= 15 is 0 Å². The molecule has 1 aromatic heterocycles. The van der Waals surface area contributed by atoms with E-state index in [1.54, 1.807) is 0 Å². The highest BCUT2D eigenvalue weighted by molar-refractivity contribution is 6.21. The van der Waals surface area contributed by atoms with E-state index in [1.807, 2.05) is 0 Å². The lowest BCUT2D eigenvalue weighted by Gasteiger charge is -2.20. The van der Waals surface area contributed by atoms with Crippen LogP contribution in [0, 0.1) is 0 Å². The van der Waals surface area contributed by atoms with Crippen molar-refractivity contribution in [2.45, 2.75) is 26.2 Å². The molecule has 230 valence electrons. The molecule has 0 aliphatic heterocycles. The van der Waals surface area contributed by atoms with Gasteiger partial charge in [0, 0.05) is 22.0 Å². The van der Waals surface area contributed by atoms with Crippen LogP contribution in [0.5, 0.6) is 0 Å². The molecule has 0 radical (unpaired) electrons. The molecule has 8 aromatic carbocycles. The van der Waals surface area contributed by atoms with Crippen molar-refractivity contribution in [2.24, 2.45) is 0 Å². The Kier molecular flexibility index (Phi) is 6.42. The van der Waals surface area contributed by atoms with Crippen LogP contribution in [0.25, 0.3) is 76.5 Å². The van der Waals surface area contributed by atoms with Crippen molar-refractivity contribution in [3.63, 3.8) is 0 Å². The van der Waals surface area contributed by atoms with Crippen molar-refractivity contribution < 1.29 is 4.42 Å². The molecule has 0 fully saturated rings. The smallest absolute Gasteiger partial charge is 0.158 e. The van der Waals surface area contributed by atoms with Crippen molar-refractivity contribution in [3.05, 3.63) is 157 Å². The summed E-state index contributed by atoms with van der Waals surface area (Å²) in [5.74, 6) is 0. The Labute approximate surface area is 280 Å². The third-order valence-corrected chi connectivity index (χ3v) is 9.72. The van der Waals surface area contributed by atoms with Crippen molar-refractivity contribution in [2.75, 3.05) is 5.32 Å². The number of nitrogens with one attached hydrogen (secondary N) is 1. The minimum atomic E-state index is -0.0537. The lowest BCUT2D eigenvalue weighted by Crippen LogP contribution is -2.11. The summed E-state index contributed by atoms with van der Waals surface area (Å²) in [5, 5.41) is 13.5. The molecule has 2 nitrogen and oxygen atoms in total. The molecule has 0 saturated heterocycles. The highest BCUT2D eigenvalue weighted by Gasteiger charge is 2.24. The van der Waals surface area contributed by atoms with E-state index < -0.39 is 0 Å². The molecule has 0 spiro atoms. The summed E-state index contributed by atoms with van der Waals surface area (Å²) in [6.45, 7) is 6.76. The van der Waals surface area contributed by atoms with Gasteiger partial charge < -0.3 is 9.73 Å². The van der Waals surface area contributed by atoms with Crippen molar-refractivity contribution in [1.82, 2.24) is 0 Å². The number of para-hydroxylation sites is 1. The van der Waals surface area contributed by atoms with Gasteiger partial charge in [0.05, 0.1) is 5.69 Å². The van der Waals surface area contributed by atoms with E-state index in [1.165, 1.54) is 65.5 Å². The Morgan fingerprint density at radius 2 is 0.979 bits per heavy atom. The predicted molar refractivity (Wildman–Crippen MR) is 206 cm³/mol. The second-order valence-electron chi connectivity index (χ2n) is 13.9. The number of hydrogen-bond donors (Lipinski definition) is 1. The number of furan rings is 1. The lowest BCUT2D eigenvalue weighted by atomic mass is 9.84. The van der Waals surface area contributed by atoms with Crippen LogP contribution in [0.15, 0.2) is 156 Å². The van der Waals surface area contributed by atoms with E-state index in [9.17, 15) is 0 Å². The third-order valence-electron chi connectivity index (χ3n) is 9.72. The minimum absolute atomic E-state index is 0.0537. The van der Waals surface area contributed by atoms with Crippen molar-refractivity contribution >= 4 is 65.6 Å². The number of benzene rings is 8. The molecule has 0 bridgehead atoms. The van der Waals surface area contributed by atoms with Gasteiger partial charge in [0.1, 0.15) is 5.58 Å². The summed E-state index contributed by atoms with van der Waals surface area (Å²) >= 11 is 0. The van der Waals surface area contributed by atoms with Gasteiger partial charge in [-0.2, -0.15) is 0 Å². The zero-order chi connectivity index (χ0) is 32.4. The van der Waals surface area contributed by atoms with Crippen LogP contribution in [0.1, 0.15) is 26.3 Å². The number of fused-ring (bicyclic) bond motifs is 7. The Hall–Kier alpha value is -5.86. The minimum Gasteiger partial charge on any atom is -0.454 e. The number of anilines is 2. The summed E-state index contributed by atoms with van der Waals surface area (Å²) in [6.07, 6.45) is 0. The van der Waals surface area contributed by atoms with Gasteiger partial charge in [-0.25, -0.2) is 0 Å². The first kappa shape index (κ1) is 28.4. The Balaban J connectivity index is 1.03. The fraction of sp³-hybridized carbons (Fsp3) is 0.0870. The van der Waals surface area contributed by atoms with E-state index in [-0.39, 0.29) is 5.41 Å². The zero-order valence-electron chi connectivity index (χ0n) is 27.3. The molecule has 1 N–H and O–H groups in total. The molecule has 0 aliphatic carbocycles. The monoisotopic (exact) mass is 617 g/mol. The first-order valence-corrected chi connectivity index (χ1v) is 16.7. The Morgan fingerprint density at radius 3 is 1.67 bits per heavy atom. The Morgan fingerprint density at radius 1 is 0.438 bits per heavy atom. The van der Waals surface area contributed by atoms with Crippen molar-refractivity contribution in [3.8, 4) is 22.3 Å². The molecule has 9 rings (SSSR count). The maximum Gasteiger partial charge on any atom is 0.158 e. The maximum atomic E-state index is 6.75. The standard InChI is InChI=1S/C46H35NO/c1-46(2,3)41-28-37-11-6-7-12-39(37)43-40-13-8-14-42(44(40)48-45(41)43)47-38-23-21-30(22-24-38)32-17-18-35-27-36(20-19-34(35)26-32)33-16-15-29-9-4-5-10-31(29)25-33/h4-28,47H,1-3H3. The maximum absolute atomic E-state index is 6.75. The normalized spacial score (nSPS) is 12.1. The fourth-order valence-electron chi connectivity index (χ4n) is 7.18. The van der Waals surface area contributed by atoms with Gasteiger partial charge in [0.2, 0.25) is 0 Å². The van der Waals surface area contributed by atoms with Gasteiger partial charge in [0.25, 0.3) is 0 Å². The average Bonchev–Trinajstić information content (AvgIpc) is 3.51. The topological polar surface area (TPSA) is 25.2 Å². The first-order valence-electron chi connectivity index (χ1n) is 16.7. The van der Waals surface area contributed by atoms with Crippen molar-refractivity contribution in [1.29, 1.82) is 0 Å². The first-order chi connectivity index (χ1) is 23.4. The van der Waals surface area contributed by atoms with Crippen LogP contribution in [-0.4, -0.2) is 0 Å². The highest BCUT2D eigenvalue weighted by Crippen LogP contribution is 2.43. The molecule has 9 aromatic rings. The van der Waals surface area contributed by atoms with E-state index in [0.29, 0.717) is 0 Å². The van der Waals surface area contributed by atoms with Crippen LogP contribution in [-0.2, 0) is 5.41 Å². The molecule has 0 aliphatic rings. The quantitative estimate of drug-likeness (QED) is 0.213. The van der Waals surface area contributed by atoms with Gasteiger partial charge in [0.15, 0.2) is 5.58 Å². The molecule has 0 amide bonds. The molecule has 2 heteroatoms. The highest BCUT2D eigenvalue weighted by atomic mass is 16.3. The second-order valence-corrected chi connectivity index (χ2v) is 13.9. The van der Waals surface area contributed by atoms with Gasteiger partial charge in [-0.15, -0.1) is 0 Å². The number of rotatable bonds is 4. The van der Waals surface area contributed by atoms with Gasteiger partial charge in [-0.05, 0) is 102 Å². The zero-order valence-corrected chi connectivity index (χ0v) is 27.3. The van der Waals surface area contributed by atoms with E-state index in [4.69, 9.17) is 4.42 Å². The molecular weight excluding hydrogens is 583 g/mol. The van der Waals surface area contributed by atoms with Crippen LogP contribution < -0.4 is 5.32 Å². The molecule has 48 heavy (non-hydrogen) atoms. The summed E-state index contributed by atoms with van der Waals surface area (Å²) in [7, 11) is 0. The summed E-state index contributed by atoms with van der Waals surface area (Å²) in [5.41, 5.74) is 9.88. The van der Waals surface area contributed by atoms with Gasteiger partial charge in [-0.1, -0.05) is 130 Å². The average molecular weight is 618 g/mol. The van der Waals surface area contributed by atoms with Gasteiger partial charge in [-0.3, -0.25) is 0 Å². The predicted octanol–water partition coefficient (Wildman–Crippen LogP) is 13.4.